The van der Waals surface area contributed by atoms with E-state index in [0.717, 1.165) is 5.69 Å². The van der Waals surface area contributed by atoms with Gasteiger partial charge >= 0.3 is 5.97 Å². The molecule has 4 rings (SSSR count). The van der Waals surface area contributed by atoms with Gasteiger partial charge in [0.2, 0.25) is 15.5 Å². The molecule has 1 amide bonds. The van der Waals surface area contributed by atoms with Crippen molar-refractivity contribution < 1.29 is 27.5 Å². The van der Waals surface area contributed by atoms with Gasteiger partial charge in [0.25, 0.3) is 5.91 Å². The number of nitrogens with one attached hydrogen (secondary N) is 1. The molecule has 3 aromatic rings. The molecule has 12 heteroatoms. The molecule has 0 saturated carbocycles. The van der Waals surface area contributed by atoms with Gasteiger partial charge in [0, 0.05) is 31.5 Å². The van der Waals surface area contributed by atoms with Crippen LogP contribution in [0.2, 0.25) is 0 Å². The zero-order chi connectivity index (χ0) is 26.7. The Labute approximate surface area is 214 Å². The number of hydrogen-bond donors (Lipinski definition) is 1. The van der Waals surface area contributed by atoms with Crippen molar-refractivity contribution in [2.24, 2.45) is 0 Å². The van der Waals surface area contributed by atoms with Crippen molar-refractivity contribution in [3.63, 3.8) is 0 Å². The van der Waals surface area contributed by atoms with Gasteiger partial charge in [-0.1, -0.05) is 6.07 Å². The maximum Gasteiger partial charge on any atom is 0.344 e. The van der Waals surface area contributed by atoms with Gasteiger partial charge in [-0.25, -0.2) is 18.2 Å². The molecule has 0 aliphatic carbocycles. The van der Waals surface area contributed by atoms with Gasteiger partial charge in [-0.3, -0.25) is 9.59 Å². The normalized spacial score (nSPS) is 14.5. The minimum atomic E-state index is -3.89. The molecule has 196 valence electrons. The highest BCUT2D eigenvalue weighted by molar-refractivity contribution is 7.89. The Balaban J connectivity index is 1.52. The van der Waals surface area contributed by atoms with E-state index in [4.69, 9.17) is 9.47 Å². The summed E-state index contributed by atoms with van der Waals surface area (Å²) >= 11 is 0. The van der Waals surface area contributed by atoms with Crippen molar-refractivity contribution in [2.75, 3.05) is 38.2 Å². The Hall–Kier alpha value is -3.61. The van der Waals surface area contributed by atoms with E-state index in [1.54, 1.807) is 36.6 Å². The molecule has 37 heavy (non-hydrogen) atoms. The summed E-state index contributed by atoms with van der Waals surface area (Å²) in [5, 5.41) is 2.78. The molecule has 1 N–H and O–H groups in total. The number of rotatable bonds is 7. The average molecular weight is 529 g/mol. The molecule has 1 aromatic carbocycles. The predicted octanol–water partition coefficient (Wildman–Crippen LogP) is 1.85. The molecule has 0 atom stereocenters. The third-order valence-corrected chi connectivity index (χ3v) is 7.89. The van der Waals surface area contributed by atoms with E-state index >= 15 is 0 Å². The van der Waals surface area contributed by atoms with Crippen molar-refractivity contribution in [3.8, 4) is 0 Å². The Morgan fingerprint density at radius 2 is 1.86 bits per heavy atom. The Morgan fingerprint density at radius 3 is 2.57 bits per heavy atom. The first-order chi connectivity index (χ1) is 17.6. The van der Waals surface area contributed by atoms with Crippen LogP contribution in [0.5, 0.6) is 0 Å². The first-order valence-electron chi connectivity index (χ1n) is 11.8. The molecule has 0 radical (unpaired) electrons. The number of carbonyl (C=O) groups is 2. The molecule has 0 spiro atoms. The number of pyridine rings is 2. The third-order valence-electron chi connectivity index (χ3n) is 5.95. The largest absolute Gasteiger partial charge is 0.452 e. The molecule has 1 aliphatic rings. The number of aromatic nitrogens is 2. The number of aryl methyl sites for hydroxylation is 3. The fraction of sp³-hybridized carbons (Fsp3) is 0.360. The van der Waals surface area contributed by atoms with Crippen molar-refractivity contribution in [1.82, 2.24) is 13.9 Å². The number of sulfonamides is 1. The van der Waals surface area contributed by atoms with Gasteiger partial charge < -0.3 is 19.4 Å². The minimum absolute atomic E-state index is 0.0581. The first kappa shape index (κ1) is 26.5. The van der Waals surface area contributed by atoms with Crippen molar-refractivity contribution in [2.45, 2.75) is 32.2 Å². The van der Waals surface area contributed by atoms with Crippen LogP contribution in [0, 0.1) is 13.8 Å². The topological polar surface area (TPSA) is 137 Å². The molecular weight excluding hydrogens is 500 g/mol. The van der Waals surface area contributed by atoms with Crippen LogP contribution < -0.4 is 10.7 Å². The smallest absolute Gasteiger partial charge is 0.344 e. The zero-order valence-corrected chi connectivity index (χ0v) is 21.6. The summed E-state index contributed by atoms with van der Waals surface area (Å²) in [4.78, 5) is 42.6. The van der Waals surface area contributed by atoms with Crippen LogP contribution in [0.15, 0.2) is 46.2 Å². The number of hydrogen-bond acceptors (Lipinski definition) is 8. The number of carbonyl (C=O) groups excluding carboxylic acids is 2. The molecule has 0 bridgehead atoms. The summed E-state index contributed by atoms with van der Waals surface area (Å²) in [6, 6.07) is 7.91. The van der Waals surface area contributed by atoms with E-state index < -0.39 is 33.9 Å². The average Bonchev–Trinajstić information content (AvgIpc) is 2.89. The van der Waals surface area contributed by atoms with E-state index in [2.05, 4.69) is 10.3 Å². The fourth-order valence-corrected chi connectivity index (χ4v) is 5.65. The second-order valence-electron chi connectivity index (χ2n) is 8.62. The third kappa shape index (κ3) is 5.55. The number of ether oxygens (including phenoxy) is 2. The lowest BCUT2D eigenvalue weighted by molar-refractivity contribution is -0.119. The Bertz CT molecular complexity index is 1530. The SMILES string of the molecule is CCn1cc(C(=O)OCC(=O)Nc2ccc(C)cc2S(=O)(=O)N2CCOCC2)c(=O)c2ccc(C)nc21. The second kappa shape index (κ2) is 10.8. The van der Waals surface area contributed by atoms with Crippen LogP contribution in [-0.4, -0.2) is 67.1 Å². The van der Waals surface area contributed by atoms with Gasteiger partial charge in [0.1, 0.15) is 16.1 Å². The molecular formula is C25H28N4O7S. The summed E-state index contributed by atoms with van der Waals surface area (Å²) in [6.45, 7) is 6.13. The predicted molar refractivity (Wildman–Crippen MR) is 136 cm³/mol. The molecule has 2 aromatic heterocycles. The monoisotopic (exact) mass is 528 g/mol. The first-order valence-corrected chi connectivity index (χ1v) is 13.2. The quantitative estimate of drug-likeness (QED) is 0.459. The summed E-state index contributed by atoms with van der Waals surface area (Å²) < 4.78 is 39.7. The minimum Gasteiger partial charge on any atom is -0.452 e. The lowest BCUT2D eigenvalue weighted by atomic mass is 10.2. The molecule has 1 fully saturated rings. The fourth-order valence-electron chi connectivity index (χ4n) is 4.01. The molecule has 11 nitrogen and oxygen atoms in total. The highest BCUT2D eigenvalue weighted by Gasteiger charge is 2.29. The van der Waals surface area contributed by atoms with Gasteiger partial charge in [-0.2, -0.15) is 4.31 Å². The Kier molecular flexibility index (Phi) is 7.71. The summed E-state index contributed by atoms with van der Waals surface area (Å²) in [7, 11) is -3.89. The van der Waals surface area contributed by atoms with E-state index in [1.807, 2.05) is 6.92 Å². The van der Waals surface area contributed by atoms with E-state index in [0.29, 0.717) is 17.8 Å². The maximum atomic E-state index is 13.2. The highest BCUT2D eigenvalue weighted by atomic mass is 32.2. The lowest BCUT2D eigenvalue weighted by Gasteiger charge is -2.27. The van der Waals surface area contributed by atoms with Crippen molar-refractivity contribution in [1.29, 1.82) is 0 Å². The number of morpholine rings is 1. The van der Waals surface area contributed by atoms with Gasteiger partial charge in [-0.05, 0) is 50.6 Å². The van der Waals surface area contributed by atoms with Crippen LogP contribution in [0.25, 0.3) is 11.0 Å². The van der Waals surface area contributed by atoms with Crippen LogP contribution in [0.4, 0.5) is 5.69 Å². The standard InChI is InChI=1S/C25H28N4O7S/c1-4-28-14-19(23(31)18-7-6-17(3)26-24(18)28)25(32)36-15-22(30)27-20-8-5-16(2)13-21(20)37(33,34)29-9-11-35-12-10-29/h5-8,13-14H,4,9-12,15H2,1-3H3,(H,27,30). The summed E-state index contributed by atoms with van der Waals surface area (Å²) in [5.41, 5.74) is 1.18. The van der Waals surface area contributed by atoms with Gasteiger partial charge in [0.05, 0.1) is 24.3 Å². The maximum absolute atomic E-state index is 13.2. The van der Waals surface area contributed by atoms with Gasteiger partial charge in [0.15, 0.2) is 6.61 Å². The van der Waals surface area contributed by atoms with Crippen LogP contribution >= 0.6 is 0 Å². The van der Waals surface area contributed by atoms with Crippen LogP contribution in [-0.2, 0) is 30.8 Å². The molecule has 1 aliphatic heterocycles. The molecule has 3 heterocycles. The number of anilines is 1. The van der Waals surface area contributed by atoms with Crippen LogP contribution in [0.3, 0.4) is 0 Å². The number of esters is 1. The molecule has 1 saturated heterocycles. The number of amides is 1. The lowest BCUT2D eigenvalue weighted by Crippen LogP contribution is -2.41. The summed E-state index contributed by atoms with van der Waals surface area (Å²) in [5.74, 6) is -1.71. The number of fused-ring (bicyclic) bond motifs is 1. The zero-order valence-electron chi connectivity index (χ0n) is 20.8. The van der Waals surface area contributed by atoms with E-state index in [-0.39, 0.29) is 47.8 Å². The highest BCUT2D eigenvalue weighted by Crippen LogP contribution is 2.26. The van der Waals surface area contributed by atoms with E-state index in [1.165, 1.54) is 22.6 Å². The second-order valence-corrected chi connectivity index (χ2v) is 10.5. The number of nitrogens with zero attached hydrogens (tertiary/aromatic N) is 3. The van der Waals surface area contributed by atoms with Crippen molar-refractivity contribution >= 4 is 38.6 Å². The van der Waals surface area contributed by atoms with Crippen LogP contribution in [0.1, 0.15) is 28.5 Å². The Morgan fingerprint density at radius 1 is 1.14 bits per heavy atom. The molecule has 0 unspecified atom stereocenters. The summed E-state index contributed by atoms with van der Waals surface area (Å²) in [6.07, 6.45) is 1.37. The van der Waals surface area contributed by atoms with Crippen molar-refractivity contribution in [3.05, 3.63) is 63.6 Å². The number of benzene rings is 1. The van der Waals surface area contributed by atoms with Gasteiger partial charge in [-0.15, -0.1) is 0 Å². The van der Waals surface area contributed by atoms with E-state index in [9.17, 15) is 22.8 Å².